The molecule has 0 bridgehead atoms. The van der Waals surface area contributed by atoms with Crippen molar-refractivity contribution in [2.24, 2.45) is 7.05 Å². The van der Waals surface area contributed by atoms with E-state index in [0.717, 1.165) is 60.2 Å². The van der Waals surface area contributed by atoms with Gasteiger partial charge in [0, 0.05) is 51.4 Å². The van der Waals surface area contributed by atoms with Crippen molar-refractivity contribution < 1.29 is 0 Å². The summed E-state index contributed by atoms with van der Waals surface area (Å²) in [5, 5.41) is 15.7. The summed E-state index contributed by atoms with van der Waals surface area (Å²) in [6.45, 7) is 4.23. The molecule has 1 fully saturated rings. The lowest BCUT2D eigenvalue weighted by molar-refractivity contribution is 0.246. The molecule has 2 aromatic heterocycles. The Morgan fingerprint density at radius 2 is 1.96 bits per heavy atom. The Labute approximate surface area is 157 Å². The van der Waals surface area contributed by atoms with E-state index in [-0.39, 0.29) is 0 Å². The van der Waals surface area contributed by atoms with Crippen molar-refractivity contribution >= 4 is 28.3 Å². The number of nitriles is 1. The lowest BCUT2D eigenvalue weighted by Crippen LogP contribution is -2.46. The van der Waals surface area contributed by atoms with Gasteiger partial charge in [0.15, 0.2) is 0 Å². The lowest BCUT2D eigenvalue weighted by atomic mass is 10.2. The lowest BCUT2D eigenvalue weighted by Gasteiger charge is -2.35. The summed E-state index contributed by atoms with van der Waals surface area (Å²) in [6.07, 6.45) is 1.74. The highest BCUT2D eigenvalue weighted by molar-refractivity contribution is 6.35. The van der Waals surface area contributed by atoms with Crippen molar-refractivity contribution in [3.05, 3.63) is 52.8 Å². The van der Waals surface area contributed by atoms with Gasteiger partial charge in [-0.1, -0.05) is 17.7 Å². The van der Waals surface area contributed by atoms with Crippen LogP contribution in [0.1, 0.15) is 11.3 Å². The third-order valence-corrected chi connectivity index (χ3v) is 5.17. The number of fused-ring (bicyclic) bond motifs is 1. The number of hydrogen-bond acceptors (Lipinski definition) is 5. The normalized spacial score (nSPS) is 15.3. The largest absolute Gasteiger partial charge is 0.353 e. The maximum atomic E-state index is 9.27. The highest BCUT2D eigenvalue weighted by Gasteiger charge is 2.22. The summed E-state index contributed by atoms with van der Waals surface area (Å²) in [7, 11) is 1.95. The monoisotopic (exact) mass is 366 g/mol. The smallest absolute Gasteiger partial charge is 0.146 e. The predicted octanol–water partition coefficient (Wildman–Crippen LogP) is 2.82. The second-order valence-corrected chi connectivity index (χ2v) is 6.86. The van der Waals surface area contributed by atoms with E-state index in [9.17, 15) is 5.26 Å². The number of hydrogen-bond donors (Lipinski definition) is 0. The molecule has 0 atom stereocenters. The summed E-state index contributed by atoms with van der Waals surface area (Å²) in [4.78, 5) is 8.94. The van der Waals surface area contributed by atoms with Gasteiger partial charge in [-0.3, -0.25) is 9.58 Å². The third-order valence-electron chi connectivity index (χ3n) is 4.85. The van der Waals surface area contributed by atoms with Gasteiger partial charge in [-0.15, -0.1) is 0 Å². The molecule has 0 aliphatic carbocycles. The van der Waals surface area contributed by atoms with Gasteiger partial charge in [-0.05, 0) is 24.3 Å². The Kier molecular flexibility index (Phi) is 4.49. The molecule has 0 spiro atoms. The maximum absolute atomic E-state index is 9.27. The van der Waals surface area contributed by atoms with Gasteiger partial charge in [0.25, 0.3) is 0 Å². The molecular weight excluding hydrogens is 348 g/mol. The number of aromatic nitrogens is 3. The average Bonchev–Trinajstić information content (AvgIpc) is 2.99. The summed E-state index contributed by atoms with van der Waals surface area (Å²) in [6, 6.07) is 11.8. The molecule has 6 nitrogen and oxygen atoms in total. The average molecular weight is 367 g/mol. The Morgan fingerprint density at radius 1 is 1.15 bits per heavy atom. The molecule has 132 valence electrons. The number of aryl methyl sites for hydroxylation is 1. The van der Waals surface area contributed by atoms with Crippen LogP contribution in [-0.2, 0) is 13.6 Å². The summed E-state index contributed by atoms with van der Waals surface area (Å²) >= 11 is 6.41. The van der Waals surface area contributed by atoms with Crippen molar-refractivity contribution in [1.82, 2.24) is 19.7 Å². The Balaban J connectivity index is 1.49. The minimum atomic E-state index is 0.628. The van der Waals surface area contributed by atoms with Crippen LogP contribution in [-0.4, -0.2) is 45.8 Å². The van der Waals surface area contributed by atoms with Crippen LogP contribution in [0.3, 0.4) is 0 Å². The zero-order chi connectivity index (χ0) is 18.1. The van der Waals surface area contributed by atoms with Crippen molar-refractivity contribution in [1.29, 1.82) is 5.26 Å². The van der Waals surface area contributed by atoms with Crippen molar-refractivity contribution in [3.63, 3.8) is 0 Å². The van der Waals surface area contributed by atoms with Crippen LogP contribution in [0.5, 0.6) is 0 Å². The number of anilines is 1. The van der Waals surface area contributed by atoms with Crippen LogP contribution >= 0.6 is 11.6 Å². The first-order chi connectivity index (χ1) is 12.7. The van der Waals surface area contributed by atoms with Crippen LogP contribution in [0.4, 0.5) is 5.82 Å². The number of rotatable bonds is 3. The minimum absolute atomic E-state index is 0.628. The van der Waals surface area contributed by atoms with Gasteiger partial charge in [-0.25, -0.2) is 4.98 Å². The Morgan fingerprint density at radius 3 is 2.73 bits per heavy atom. The van der Waals surface area contributed by atoms with E-state index < -0.39 is 0 Å². The molecule has 4 rings (SSSR count). The Hall–Kier alpha value is -2.62. The molecule has 1 aromatic carbocycles. The number of benzene rings is 1. The second-order valence-electron chi connectivity index (χ2n) is 6.45. The van der Waals surface area contributed by atoms with Crippen molar-refractivity contribution in [2.75, 3.05) is 31.1 Å². The number of nitrogens with zero attached hydrogens (tertiary/aromatic N) is 6. The minimum Gasteiger partial charge on any atom is -0.353 e. The van der Waals surface area contributed by atoms with E-state index in [0.29, 0.717) is 5.56 Å². The highest BCUT2D eigenvalue weighted by Crippen LogP contribution is 2.27. The third kappa shape index (κ3) is 3.00. The molecule has 1 saturated heterocycles. The van der Waals surface area contributed by atoms with Crippen LogP contribution in [0.2, 0.25) is 5.02 Å². The number of piperazine rings is 1. The summed E-state index contributed by atoms with van der Waals surface area (Å²) in [5.74, 6) is 0.779. The molecule has 0 unspecified atom stereocenters. The molecular formula is C19H19ClN6. The topological polar surface area (TPSA) is 61.0 Å². The van der Waals surface area contributed by atoms with E-state index in [1.54, 1.807) is 12.3 Å². The predicted molar refractivity (Wildman–Crippen MR) is 102 cm³/mol. The van der Waals surface area contributed by atoms with Crippen molar-refractivity contribution in [2.45, 2.75) is 6.54 Å². The second kappa shape index (κ2) is 6.94. The molecule has 0 radical (unpaired) electrons. The molecule has 1 aliphatic rings. The molecule has 7 heteroatoms. The molecule has 0 N–H and O–H groups in total. The number of pyridine rings is 1. The van der Waals surface area contributed by atoms with Gasteiger partial charge >= 0.3 is 0 Å². The zero-order valence-electron chi connectivity index (χ0n) is 14.6. The quantitative estimate of drug-likeness (QED) is 0.713. The Bertz CT molecular complexity index is 981. The summed E-state index contributed by atoms with van der Waals surface area (Å²) < 4.78 is 1.89. The number of halogens is 1. The molecule has 0 amide bonds. The first-order valence-corrected chi connectivity index (χ1v) is 8.97. The van der Waals surface area contributed by atoms with Gasteiger partial charge in [0.2, 0.25) is 0 Å². The van der Waals surface area contributed by atoms with E-state index in [4.69, 9.17) is 11.6 Å². The fraction of sp³-hybridized carbons (Fsp3) is 0.316. The van der Waals surface area contributed by atoms with Crippen LogP contribution in [0, 0.1) is 11.3 Å². The molecule has 3 aromatic rings. The van der Waals surface area contributed by atoms with E-state index in [1.807, 2.05) is 36.0 Å². The van der Waals surface area contributed by atoms with E-state index >= 15 is 0 Å². The van der Waals surface area contributed by atoms with Gasteiger partial charge in [0.05, 0.1) is 21.8 Å². The first-order valence-electron chi connectivity index (χ1n) is 8.60. The maximum Gasteiger partial charge on any atom is 0.146 e. The molecule has 3 heterocycles. The van der Waals surface area contributed by atoms with E-state index in [2.05, 4.69) is 26.0 Å². The molecule has 1 aliphatic heterocycles. The molecule has 0 saturated carbocycles. The first kappa shape index (κ1) is 16.8. The molecule has 26 heavy (non-hydrogen) atoms. The van der Waals surface area contributed by atoms with Gasteiger partial charge < -0.3 is 4.90 Å². The highest BCUT2D eigenvalue weighted by atomic mass is 35.5. The fourth-order valence-corrected chi connectivity index (χ4v) is 3.81. The fourth-order valence-electron chi connectivity index (χ4n) is 3.53. The van der Waals surface area contributed by atoms with Gasteiger partial charge in [-0.2, -0.15) is 10.4 Å². The zero-order valence-corrected chi connectivity index (χ0v) is 15.3. The van der Waals surface area contributed by atoms with Crippen molar-refractivity contribution in [3.8, 4) is 6.07 Å². The SMILES string of the molecule is Cn1nc(CN2CCN(c3ncccc3C#N)CC2)c2c(Cl)cccc21. The van der Waals surface area contributed by atoms with E-state index in [1.165, 1.54) is 0 Å². The summed E-state index contributed by atoms with van der Waals surface area (Å²) in [5.41, 5.74) is 2.69. The standard InChI is InChI=1S/C19H19ClN6/c1-24-17-6-2-5-15(20)18(17)16(23-24)13-25-8-10-26(11-9-25)19-14(12-21)4-3-7-22-19/h2-7H,8-11,13H2,1H3. The van der Waals surface area contributed by atoms with Crippen LogP contribution in [0.15, 0.2) is 36.5 Å². The van der Waals surface area contributed by atoms with Gasteiger partial charge in [0.1, 0.15) is 11.9 Å². The van der Waals surface area contributed by atoms with Crippen LogP contribution < -0.4 is 4.90 Å². The van der Waals surface area contributed by atoms with Crippen LogP contribution in [0.25, 0.3) is 10.9 Å².